The van der Waals surface area contributed by atoms with E-state index < -0.39 is 0 Å². The second-order valence-corrected chi connectivity index (χ2v) is 5.75. The highest BCUT2D eigenvalue weighted by atomic mass is 16.2. The molecule has 5 heteroatoms. The molecule has 1 heterocycles. The molecule has 1 aromatic heterocycles. The number of anilines is 2. The summed E-state index contributed by atoms with van der Waals surface area (Å²) in [6.07, 6.45) is 4.50. The number of nitrogens with zero attached hydrogens (tertiary/aromatic N) is 2. The molecule has 0 aliphatic heterocycles. The van der Waals surface area contributed by atoms with Crippen LogP contribution in [0.2, 0.25) is 0 Å². The van der Waals surface area contributed by atoms with Crippen molar-refractivity contribution in [2.24, 2.45) is 0 Å². The van der Waals surface area contributed by atoms with E-state index in [1.54, 1.807) is 12.1 Å². The number of benzene rings is 1. The van der Waals surface area contributed by atoms with Crippen LogP contribution < -0.4 is 10.6 Å². The molecule has 22 heavy (non-hydrogen) atoms. The second kappa shape index (κ2) is 6.56. The van der Waals surface area contributed by atoms with Crippen LogP contribution in [-0.4, -0.2) is 22.1 Å². The Morgan fingerprint density at radius 3 is 2.41 bits per heavy atom. The lowest BCUT2D eigenvalue weighted by molar-refractivity contribution is 0.0932. The van der Waals surface area contributed by atoms with Gasteiger partial charge in [0.25, 0.3) is 5.91 Å². The normalized spacial score (nSPS) is 14.8. The van der Waals surface area contributed by atoms with Crippen LogP contribution >= 0.6 is 0 Å². The van der Waals surface area contributed by atoms with Crippen LogP contribution in [0.5, 0.6) is 0 Å². The molecule has 0 spiro atoms. The zero-order valence-electron chi connectivity index (χ0n) is 12.7. The van der Waals surface area contributed by atoms with E-state index in [4.69, 9.17) is 0 Å². The zero-order chi connectivity index (χ0) is 15.4. The molecule has 1 aromatic carbocycles. The molecule has 1 aliphatic carbocycles. The first-order chi connectivity index (χ1) is 10.7. The smallest absolute Gasteiger partial charge is 0.272 e. The number of hydrogen-bond acceptors (Lipinski definition) is 4. The van der Waals surface area contributed by atoms with Crippen molar-refractivity contribution in [1.82, 2.24) is 15.5 Å². The van der Waals surface area contributed by atoms with Gasteiger partial charge in [-0.1, -0.05) is 30.5 Å². The molecule has 0 bridgehead atoms. The summed E-state index contributed by atoms with van der Waals surface area (Å²) in [5.41, 5.74) is 2.51. The van der Waals surface area contributed by atoms with E-state index >= 15 is 0 Å². The van der Waals surface area contributed by atoms with E-state index in [-0.39, 0.29) is 5.91 Å². The van der Waals surface area contributed by atoms with Gasteiger partial charge in [-0.25, -0.2) is 0 Å². The minimum absolute atomic E-state index is 0.138. The van der Waals surface area contributed by atoms with Crippen molar-refractivity contribution in [2.75, 3.05) is 5.32 Å². The molecular formula is C17H20N4O. The fourth-order valence-electron chi connectivity index (χ4n) is 2.63. The molecule has 1 amide bonds. The van der Waals surface area contributed by atoms with E-state index in [1.807, 2.05) is 31.2 Å². The van der Waals surface area contributed by atoms with Gasteiger partial charge in [0.05, 0.1) is 0 Å². The van der Waals surface area contributed by atoms with E-state index in [0.717, 1.165) is 18.5 Å². The van der Waals surface area contributed by atoms with Crippen molar-refractivity contribution in [3.8, 4) is 0 Å². The van der Waals surface area contributed by atoms with Crippen LogP contribution in [0.1, 0.15) is 41.7 Å². The van der Waals surface area contributed by atoms with E-state index in [1.165, 1.54) is 18.4 Å². The molecule has 2 N–H and O–H groups in total. The van der Waals surface area contributed by atoms with E-state index in [9.17, 15) is 4.79 Å². The molecule has 3 rings (SSSR count). The Bertz CT molecular complexity index is 631. The first kappa shape index (κ1) is 14.5. The summed E-state index contributed by atoms with van der Waals surface area (Å²) in [6, 6.07) is 11.8. The van der Waals surface area contributed by atoms with Gasteiger partial charge in [0, 0.05) is 11.7 Å². The monoisotopic (exact) mass is 296 g/mol. The fraction of sp³-hybridized carbons (Fsp3) is 0.353. The van der Waals surface area contributed by atoms with Crippen molar-refractivity contribution < 1.29 is 4.79 Å². The summed E-state index contributed by atoms with van der Waals surface area (Å²) in [4.78, 5) is 12.1. The van der Waals surface area contributed by atoms with E-state index in [0.29, 0.717) is 17.6 Å². The van der Waals surface area contributed by atoms with Crippen LogP contribution in [0.15, 0.2) is 36.4 Å². The molecule has 5 nitrogen and oxygen atoms in total. The zero-order valence-corrected chi connectivity index (χ0v) is 12.7. The predicted octanol–water partition coefficient (Wildman–Crippen LogP) is 3.20. The molecule has 0 unspecified atom stereocenters. The maximum Gasteiger partial charge on any atom is 0.272 e. The van der Waals surface area contributed by atoms with Crippen LogP contribution in [0.25, 0.3) is 0 Å². The summed E-state index contributed by atoms with van der Waals surface area (Å²) in [6.45, 7) is 2.04. The van der Waals surface area contributed by atoms with Gasteiger partial charge in [-0.2, -0.15) is 0 Å². The number of carbonyl (C=O) groups is 1. The van der Waals surface area contributed by atoms with Gasteiger partial charge in [-0.05, 0) is 44.0 Å². The number of nitrogens with one attached hydrogen (secondary N) is 2. The first-order valence-corrected chi connectivity index (χ1v) is 7.69. The predicted molar refractivity (Wildman–Crippen MR) is 86.2 cm³/mol. The SMILES string of the molecule is Cc1ccc(Nc2ccc(C(=O)NC3CCCC3)nn2)cc1. The number of rotatable bonds is 4. The molecular weight excluding hydrogens is 276 g/mol. The molecule has 0 atom stereocenters. The summed E-state index contributed by atoms with van der Waals surface area (Å²) in [5.74, 6) is 0.488. The highest BCUT2D eigenvalue weighted by molar-refractivity contribution is 5.92. The van der Waals surface area contributed by atoms with Gasteiger partial charge < -0.3 is 10.6 Å². The third-order valence-corrected chi connectivity index (χ3v) is 3.91. The average molecular weight is 296 g/mol. The van der Waals surface area contributed by atoms with Gasteiger partial charge in [-0.3, -0.25) is 4.79 Å². The Morgan fingerprint density at radius 2 is 1.77 bits per heavy atom. The Balaban J connectivity index is 1.61. The minimum atomic E-state index is -0.138. The fourth-order valence-corrected chi connectivity index (χ4v) is 2.63. The van der Waals surface area contributed by atoms with Gasteiger partial charge in [-0.15, -0.1) is 10.2 Å². The number of carbonyl (C=O) groups excluding carboxylic acids is 1. The Labute approximate surface area is 130 Å². The van der Waals surface area contributed by atoms with Crippen LogP contribution in [0.4, 0.5) is 11.5 Å². The summed E-state index contributed by atoms with van der Waals surface area (Å²) < 4.78 is 0. The number of aromatic nitrogens is 2. The van der Waals surface area contributed by atoms with Crippen molar-refractivity contribution in [3.05, 3.63) is 47.7 Å². The molecule has 0 radical (unpaired) electrons. The molecule has 1 aliphatic rings. The van der Waals surface area contributed by atoms with Crippen molar-refractivity contribution in [3.63, 3.8) is 0 Å². The maximum atomic E-state index is 12.1. The van der Waals surface area contributed by atoms with Gasteiger partial charge in [0.1, 0.15) is 0 Å². The second-order valence-electron chi connectivity index (χ2n) is 5.75. The summed E-state index contributed by atoms with van der Waals surface area (Å²) in [7, 11) is 0. The first-order valence-electron chi connectivity index (χ1n) is 7.69. The Kier molecular flexibility index (Phi) is 4.32. The number of aryl methyl sites for hydroxylation is 1. The van der Waals surface area contributed by atoms with Crippen molar-refractivity contribution >= 4 is 17.4 Å². The lowest BCUT2D eigenvalue weighted by atomic mass is 10.2. The number of amides is 1. The largest absolute Gasteiger partial charge is 0.348 e. The lowest BCUT2D eigenvalue weighted by Gasteiger charge is -2.11. The standard InChI is InChI=1S/C17H20N4O/c1-12-6-8-14(9-7-12)18-16-11-10-15(20-21-16)17(22)19-13-4-2-3-5-13/h6-11,13H,2-5H2,1H3,(H,18,21)(H,19,22). The summed E-state index contributed by atoms with van der Waals surface area (Å²) in [5, 5.41) is 14.3. The molecule has 1 fully saturated rings. The quantitative estimate of drug-likeness (QED) is 0.909. The lowest BCUT2D eigenvalue weighted by Crippen LogP contribution is -2.33. The molecule has 2 aromatic rings. The molecule has 1 saturated carbocycles. The van der Waals surface area contributed by atoms with Crippen LogP contribution in [0.3, 0.4) is 0 Å². The Morgan fingerprint density at radius 1 is 1.05 bits per heavy atom. The highest BCUT2D eigenvalue weighted by Gasteiger charge is 2.18. The van der Waals surface area contributed by atoms with E-state index in [2.05, 4.69) is 20.8 Å². The van der Waals surface area contributed by atoms with Crippen molar-refractivity contribution in [2.45, 2.75) is 38.6 Å². The molecule has 0 saturated heterocycles. The highest BCUT2D eigenvalue weighted by Crippen LogP contribution is 2.18. The minimum Gasteiger partial charge on any atom is -0.348 e. The average Bonchev–Trinajstić information content (AvgIpc) is 3.03. The third kappa shape index (κ3) is 3.61. The van der Waals surface area contributed by atoms with Crippen molar-refractivity contribution in [1.29, 1.82) is 0 Å². The van der Waals surface area contributed by atoms with Gasteiger partial charge >= 0.3 is 0 Å². The van der Waals surface area contributed by atoms with Crippen LogP contribution in [-0.2, 0) is 0 Å². The number of hydrogen-bond donors (Lipinski definition) is 2. The Hall–Kier alpha value is -2.43. The van der Waals surface area contributed by atoms with Gasteiger partial charge in [0.2, 0.25) is 0 Å². The third-order valence-electron chi connectivity index (χ3n) is 3.91. The van der Waals surface area contributed by atoms with Gasteiger partial charge in [0.15, 0.2) is 11.5 Å². The topological polar surface area (TPSA) is 66.9 Å². The summed E-state index contributed by atoms with van der Waals surface area (Å²) >= 11 is 0. The van der Waals surface area contributed by atoms with Crippen LogP contribution in [0, 0.1) is 6.92 Å². The maximum absolute atomic E-state index is 12.1. The molecule has 114 valence electrons.